The molecule has 1 atom stereocenters. The van der Waals surface area contributed by atoms with Gasteiger partial charge in [-0.05, 0) is 64.5 Å². The van der Waals surface area contributed by atoms with Crippen molar-refractivity contribution in [2.24, 2.45) is 7.05 Å². The zero-order valence-corrected chi connectivity index (χ0v) is 24.4. The Bertz CT molecular complexity index is 1340. The van der Waals surface area contributed by atoms with Crippen LogP contribution in [0.25, 0.3) is 11.0 Å². The van der Waals surface area contributed by atoms with Gasteiger partial charge in [0, 0.05) is 46.2 Å². The minimum Gasteiger partial charge on any atom is -0.444 e. The summed E-state index contributed by atoms with van der Waals surface area (Å²) in [6.07, 6.45) is 4.25. The van der Waals surface area contributed by atoms with Crippen LogP contribution >= 0.6 is 0 Å². The van der Waals surface area contributed by atoms with Crippen LogP contribution in [0.4, 0.5) is 4.79 Å². The average molecular weight is 555 g/mol. The van der Waals surface area contributed by atoms with E-state index in [0.717, 1.165) is 55.4 Å². The Kier molecular flexibility index (Phi) is 7.94. The molecule has 2 aromatic rings. The van der Waals surface area contributed by atoms with Gasteiger partial charge < -0.3 is 14.4 Å². The summed E-state index contributed by atoms with van der Waals surface area (Å²) in [7, 11) is 3.56. The normalized spacial score (nSPS) is 24.8. The van der Waals surface area contributed by atoms with Crippen LogP contribution in [0.5, 0.6) is 0 Å². The van der Waals surface area contributed by atoms with Crippen LogP contribution in [0.2, 0.25) is 0 Å². The van der Waals surface area contributed by atoms with Gasteiger partial charge >= 0.3 is 11.8 Å². The Balaban J connectivity index is 1.16. The van der Waals surface area contributed by atoms with Gasteiger partial charge in [0.1, 0.15) is 11.4 Å². The van der Waals surface area contributed by atoms with E-state index >= 15 is 0 Å². The molecule has 2 heterocycles. The van der Waals surface area contributed by atoms with Crippen LogP contribution in [-0.2, 0) is 32.7 Å². The highest BCUT2D eigenvalue weighted by Gasteiger charge is 2.38. The van der Waals surface area contributed by atoms with Gasteiger partial charge in [0.05, 0.1) is 35.7 Å². The molecule has 218 valence electrons. The maximum atomic E-state index is 13.2. The highest BCUT2D eigenvalue weighted by molar-refractivity contribution is 6.03. The molecule has 2 saturated carbocycles. The zero-order valence-electron chi connectivity index (χ0n) is 24.4. The predicted molar refractivity (Wildman–Crippen MR) is 150 cm³/mol. The minimum atomic E-state index is -0.577. The Morgan fingerprint density at radius 2 is 1.75 bits per heavy atom. The van der Waals surface area contributed by atoms with E-state index in [1.165, 1.54) is 0 Å². The number of ketones is 2. The molecule has 1 amide bonds. The van der Waals surface area contributed by atoms with Crippen molar-refractivity contribution in [2.75, 3.05) is 20.1 Å². The third-order valence-electron chi connectivity index (χ3n) is 8.55. The van der Waals surface area contributed by atoms with E-state index in [-0.39, 0.29) is 48.0 Å². The van der Waals surface area contributed by atoms with Gasteiger partial charge in [-0.25, -0.2) is 9.59 Å². The predicted octanol–water partition coefficient (Wildman–Crippen LogP) is 3.58. The number of benzene rings is 1. The van der Waals surface area contributed by atoms with Gasteiger partial charge in [-0.1, -0.05) is 12.1 Å². The van der Waals surface area contributed by atoms with E-state index in [0.29, 0.717) is 19.4 Å². The lowest BCUT2D eigenvalue weighted by Gasteiger charge is -2.43. The third kappa shape index (κ3) is 5.88. The van der Waals surface area contributed by atoms with Crippen molar-refractivity contribution < 1.29 is 23.9 Å². The first-order chi connectivity index (χ1) is 18.9. The fourth-order valence-corrected chi connectivity index (χ4v) is 6.25. The number of aromatic nitrogens is 2. The van der Waals surface area contributed by atoms with Crippen LogP contribution < -0.4 is 5.69 Å². The van der Waals surface area contributed by atoms with E-state index in [1.807, 2.05) is 32.9 Å². The lowest BCUT2D eigenvalue weighted by Crippen LogP contribution is -2.51. The molecule has 1 aliphatic heterocycles. The van der Waals surface area contributed by atoms with Crippen molar-refractivity contribution >= 4 is 28.7 Å². The topological polar surface area (TPSA) is 103 Å². The zero-order chi connectivity index (χ0) is 28.8. The summed E-state index contributed by atoms with van der Waals surface area (Å²) in [6.45, 7) is 8.13. The smallest absolute Gasteiger partial charge is 0.410 e. The molecule has 1 aromatic carbocycles. The van der Waals surface area contributed by atoms with Gasteiger partial charge in [0.15, 0.2) is 5.78 Å². The highest BCUT2D eigenvalue weighted by Crippen LogP contribution is 2.32. The number of ether oxygens (including phenoxy) is 2. The average Bonchev–Trinajstić information content (AvgIpc) is 3.11. The lowest BCUT2D eigenvalue weighted by atomic mass is 9.88. The highest BCUT2D eigenvalue weighted by atomic mass is 16.6. The number of nitrogens with zero attached hydrogens (tertiary/aromatic N) is 4. The number of para-hydroxylation sites is 1. The molecule has 1 aromatic heterocycles. The maximum absolute atomic E-state index is 13.2. The van der Waals surface area contributed by atoms with Crippen molar-refractivity contribution in [2.45, 2.75) is 102 Å². The van der Waals surface area contributed by atoms with Crippen LogP contribution in [0.15, 0.2) is 23.0 Å². The van der Waals surface area contributed by atoms with Crippen molar-refractivity contribution in [1.29, 1.82) is 0 Å². The number of carbonyl (C=O) groups excluding carboxylic acids is 3. The molecule has 3 fully saturated rings. The summed E-state index contributed by atoms with van der Waals surface area (Å²) in [6, 6.07) is 5.48. The number of hydrogen-bond acceptors (Lipinski definition) is 7. The van der Waals surface area contributed by atoms with E-state index in [2.05, 4.69) is 11.0 Å². The molecule has 10 nitrogen and oxygen atoms in total. The van der Waals surface area contributed by atoms with Gasteiger partial charge in [0.2, 0.25) is 0 Å². The quantitative estimate of drug-likeness (QED) is 0.503. The van der Waals surface area contributed by atoms with Crippen molar-refractivity contribution in [1.82, 2.24) is 18.9 Å². The number of Topliss-reactive ketones (excluding diaryl/α,β-unsaturated/α-hetero) is 2. The first-order valence-electron chi connectivity index (χ1n) is 14.5. The summed E-state index contributed by atoms with van der Waals surface area (Å²) in [5, 5.41) is 0. The molecule has 3 aliphatic rings. The molecule has 0 spiro atoms. The maximum Gasteiger partial charge on any atom is 0.410 e. The molecule has 0 bridgehead atoms. The van der Waals surface area contributed by atoms with Gasteiger partial charge in [-0.3, -0.25) is 23.6 Å². The molecule has 10 heteroatoms. The molecule has 40 heavy (non-hydrogen) atoms. The third-order valence-corrected chi connectivity index (χ3v) is 8.55. The van der Waals surface area contributed by atoms with Crippen molar-refractivity contribution in [3.8, 4) is 0 Å². The fourth-order valence-electron chi connectivity index (χ4n) is 6.25. The lowest BCUT2D eigenvalue weighted by molar-refractivity contribution is -0.132. The van der Waals surface area contributed by atoms with Gasteiger partial charge in [0.25, 0.3) is 0 Å². The Hall–Kier alpha value is -2.98. The second-order valence-electron chi connectivity index (χ2n) is 12.7. The van der Waals surface area contributed by atoms with Crippen molar-refractivity contribution in [3.05, 3.63) is 34.2 Å². The standard InChI is InChI=1S/C30H42N4O6/c1-30(2,3)40-29(38)31(4)20-15-23(16-20)39-22-11-13-33(14-12-22)18-19-7-6-8-25-27(19)32(5)28(37)34(25)24-10-9-21(35)17-26(24)36/h6-8,20,22-24H,9-18H2,1-5H3. The number of amides is 1. The summed E-state index contributed by atoms with van der Waals surface area (Å²) < 4.78 is 15.1. The molecule has 0 radical (unpaired) electrons. The van der Waals surface area contributed by atoms with Crippen molar-refractivity contribution in [3.63, 3.8) is 0 Å². The fraction of sp³-hybridized carbons (Fsp3) is 0.667. The minimum absolute atomic E-state index is 0.0483. The summed E-state index contributed by atoms with van der Waals surface area (Å²) in [5.74, 6) is -0.222. The molecule has 1 saturated heterocycles. The number of piperidine rings is 1. The molecular formula is C30H42N4O6. The second kappa shape index (κ2) is 11.1. The summed E-state index contributed by atoms with van der Waals surface area (Å²) in [4.78, 5) is 54.0. The van der Waals surface area contributed by atoms with Crippen LogP contribution in [0, 0.1) is 0 Å². The summed E-state index contributed by atoms with van der Waals surface area (Å²) in [5.41, 5.74) is 1.95. The van der Waals surface area contributed by atoms with Gasteiger partial charge in [-0.15, -0.1) is 0 Å². The molecule has 2 aliphatic carbocycles. The molecular weight excluding hydrogens is 512 g/mol. The monoisotopic (exact) mass is 554 g/mol. The van der Waals surface area contributed by atoms with Crippen LogP contribution in [0.3, 0.4) is 0 Å². The number of fused-ring (bicyclic) bond motifs is 1. The number of hydrogen-bond donors (Lipinski definition) is 0. The number of rotatable bonds is 6. The molecule has 1 unspecified atom stereocenters. The van der Waals surface area contributed by atoms with E-state index < -0.39 is 11.6 Å². The first-order valence-corrected chi connectivity index (χ1v) is 14.5. The Labute approximate surface area is 235 Å². The number of likely N-dealkylation sites (tertiary alicyclic amines) is 1. The number of imidazole rings is 1. The second-order valence-corrected chi connectivity index (χ2v) is 12.7. The van der Waals surface area contributed by atoms with Crippen LogP contribution in [-0.4, -0.2) is 80.6 Å². The number of aryl methyl sites for hydroxylation is 1. The largest absolute Gasteiger partial charge is 0.444 e. The first kappa shape index (κ1) is 28.5. The molecule has 0 N–H and O–H groups in total. The number of carbonyl (C=O) groups is 3. The Morgan fingerprint density at radius 3 is 2.40 bits per heavy atom. The summed E-state index contributed by atoms with van der Waals surface area (Å²) >= 11 is 0. The van der Waals surface area contributed by atoms with E-state index in [9.17, 15) is 19.2 Å². The SMILES string of the molecule is CN(C(=O)OC(C)(C)C)C1CC(OC2CCN(Cc3cccc4c3n(C)c(=O)n4C3CCC(=O)CC3=O)CC2)C1. The van der Waals surface area contributed by atoms with Crippen LogP contribution in [0.1, 0.15) is 77.3 Å². The van der Waals surface area contributed by atoms with E-state index in [4.69, 9.17) is 9.47 Å². The van der Waals surface area contributed by atoms with Gasteiger partial charge in [-0.2, -0.15) is 0 Å². The molecule has 5 rings (SSSR count). The van der Waals surface area contributed by atoms with E-state index in [1.54, 1.807) is 28.1 Å². The Morgan fingerprint density at radius 1 is 1.05 bits per heavy atom.